The Hall–Kier alpha value is -1.07. The Morgan fingerprint density at radius 1 is 1.40 bits per heavy atom. The molecule has 0 aliphatic carbocycles. The molecule has 0 aromatic heterocycles. The summed E-state index contributed by atoms with van der Waals surface area (Å²) in [4.78, 5) is 13.2. The summed E-state index contributed by atoms with van der Waals surface area (Å²) in [5, 5.41) is 3.47. The highest BCUT2D eigenvalue weighted by atomic mass is 79.9. The molecular formula is C15H24BrN3O. The summed E-state index contributed by atoms with van der Waals surface area (Å²) in [5.41, 5.74) is 7.57. The lowest BCUT2D eigenvalue weighted by atomic mass is 10.1. The van der Waals surface area contributed by atoms with Gasteiger partial charge in [0, 0.05) is 28.8 Å². The number of carbonyl (C=O) groups is 1. The number of hydrogen-bond donors (Lipinski definition) is 2. The largest absolute Gasteiger partial charge is 0.368 e. The van der Waals surface area contributed by atoms with Gasteiger partial charge in [-0.25, -0.2) is 0 Å². The van der Waals surface area contributed by atoms with Gasteiger partial charge in [0.05, 0.1) is 6.54 Å². The van der Waals surface area contributed by atoms with Crippen molar-refractivity contribution in [3.8, 4) is 0 Å². The van der Waals surface area contributed by atoms with Crippen molar-refractivity contribution in [2.75, 3.05) is 18.0 Å². The molecule has 0 unspecified atom stereocenters. The molecule has 4 nitrogen and oxygen atoms in total. The van der Waals surface area contributed by atoms with Crippen molar-refractivity contribution in [2.45, 2.75) is 39.8 Å². The third-order valence-corrected chi connectivity index (χ3v) is 3.42. The van der Waals surface area contributed by atoms with Crippen molar-refractivity contribution in [3.05, 3.63) is 28.2 Å². The number of nitrogens with one attached hydrogen (secondary N) is 1. The monoisotopic (exact) mass is 341 g/mol. The summed E-state index contributed by atoms with van der Waals surface area (Å²) >= 11 is 3.49. The normalized spacial score (nSPS) is 11.4. The second-order valence-electron chi connectivity index (χ2n) is 5.86. The predicted octanol–water partition coefficient (Wildman–Crippen LogP) is 2.65. The predicted molar refractivity (Wildman–Crippen MR) is 87.8 cm³/mol. The van der Waals surface area contributed by atoms with Crippen molar-refractivity contribution >= 4 is 27.5 Å². The van der Waals surface area contributed by atoms with E-state index in [4.69, 9.17) is 5.73 Å². The van der Waals surface area contributed by atoms with E-state index in [1.165, 1.54) is 0 Å². The molecule has 1 aromatic carbocycles. The van der Waals surface area contributed by atoms with Crippen LogP contribution in [0.5, 0.6) is 0 Å². The van der Waals surface area contributed by atoms with Gasteiger partial charge in [-0.15, -0.1) is 0 Å². The highest BCUT2D eigenvalue weighted by molar-refractivity contribution is 9.10. The maximum Gasteiger partial charge on any atom is 0.236 e. The molecule has 0 heterocycles. The summed E-state index contributed by atoms with van der Waals surface area (Å²) in [6, 6.07) is 6.12. The van der Waals surface area contributed by atoms with Crippen LogP contribution in [0.15, 0.2) is 22.7 Å². The summed E-state index contributed by atoms with van der Waals surface area (Å²) < 4.78 is 0.995. The van der Waals surface area contributed by atoms with E-state index in [0.717, 1.165) is 28.8 Å². The van der Waals surface area contributed by atoms with Crippen molar-refractivity contribution < 1.29 is 4.79 Å². The van der Waals surface area contributed by atoms with Crippen LogP contribution in [0.1, 0.15) is 33.3 Å². The van der Waals surface area contributed by atoms with Crippen LogP contribution in [0, 0.1) is 0 Å². The Balaban J connectivity index is 3.02. The second-order valence-corrected chi connectivity index (χ2v) is 6.77. The van der Waals surface area contributed by atoms with Crippen LogP contribution < -0.4 is 16.0 Å². The lowest BCUT2D eigenvalue weighted by Crippen LogP contribution is -2.37. The molecule has 5 heteroatoms. The maximum atomic E-state index is 11.2. The van der Waals surface area contributed by atoms with Crippen LogP contribution in [0.4, 0.5) is 5.69 Å². The molecule has 20 heavy (non-hydrogen) atoms. The molecule has 112 valence electrons. The third-order valence-electron chi connectivity index (χ3n) is 2.93. The number of primary amides is 1. The zero-order valence-corrected chi connectivity index (χ0v) is 14.3. The van der Waals surface area contributed by atoms with Crippen molar-refractivity contribution in [3.63, 3.8) is 0 Å². The van der Waals surface area contributed by atoms with E-state index in [2.05, 4.69) is 48.1 Å². The topological polar surface area (TPSA) is 58.4 Å². The fourth-order valence-electron chi connectivity index (χ4n) is 1.90. The fourth-order valence-corrected chi connectivity index (χ4v) is 2.25. The van der Waals surface area contributed by atoms with Crippen LogP contribution in [0.3, 0.4) is 0 Å². The van der Waals surface area contributed by atoms with Gasteiger partial charge in [-0.2, -0.15) is 0 Å². The number of likely N-dealkylation sites (N-methyl/N-ethyl adjacent to an activating group) is 1. The molecule has 3 N–H and O–H groups in total. The van der Waals surface area contributed by atoms with E-state index < -0.39 is 0 Å². The number of nitrogens with zero attached hydrogens (tertiary/aromatic N) is 1. The molecular weight excluding hydrogens is 318 g/mol. The Labute approximate surface area is 129 Å². The average Bonchev–Trinajstić information content (AvgIpc) is 2.33. The highest BCUT2D eigenvalue weighted by Crippen LogP contribution is 2.25. The minimum absolute atomic E-state index is 0.0467. The zero-order chi connectivity index (χ0) is 15.3. The van der Waals surface area contributed by atoms with Gasteiger partial charge in [-0.05, 0) is 45.4 Å². The number of nitrogens with two attached hydrogens (primary N) is 1. The minimum atomic E-state index is -0.318. The lowest BCUT2D eigenvalue weighted by molar-refractivity contribution is -0.116. The smallest absolute Gasteiger partial charge is 0.236 e. The second kappa shape index (κ2) is 7.09. The van der Waals surface area contributed by atoms with Gasteiger partial charge in [-0.1, -0.05) is 22.0 Å². The van der Waals surface area contributed by atoms with Gasteiger partial charge >= 0.3 is 0 Å². The van der Waals surface area contributed by atoms with E-state index in [1.807, 2.05) is 24.0 Å². The van der Waals surface area contributed by atoms with Gasteiger partial charge in [-0.3, -0.25) is 4.79 Å². The first-order chi connectivity index (χ1) is 9.23. The molecule has 0 spiro atoms. The lowest BCUT2D eigenvalue weighted by Gasteiger charge is -2.27. The third kappa shape index (κ3) is 5.51. The van der Waals surface area contributed by atoms with Crippen LogP contribution in [0.2, 0.25) is 0 Å². The summed E-state index contributed by atoms with van der Waals surface area (Å²) in [7, 11) is 0. The van der Waals surface area contributed by atoms with E-state index in [0.29, 0.717) is 0 Å². The Morgan fingerprint density at radius 3 is 2.55 bits per heavy atom. The van der Waals surface area contributed by atoms with E-state index >= 15 is 0 Å². The molecule has 0 atom stereocenters. The number of hydrogen-bond acceptors (Lipinski definition) is 3. The van der Waals surface area contributed by atoms with Crippen molar-refractivity contribution in [1.29, 1.82) is 0 Å². The number of halogens is 1. The average molecular weight is 342 g/mol. The number of amides is 1. The maximum absolute atomic E-state index is 11.2. The van der Waals surface area contributed by atoms with Gasteiger partial charge in [0.2, 0.25) is 5.91 Å². The van der Waals surface area contributed by atoms with E-state index in [9.17, 15) is 4.79 Å². The molecule has 0 saturated carbocycles. The Morgan fingerprint density at radius 2 is 2.05 bits per heavy atom. The highest BCUT2D eigenvalue weighted by Gasteiger charge is 2.15. The number of anilines is 1. The van der Waals surface area contributed by atoms with Crippen LogP contribution in [-0.4, -0.2) is 24.5 Å². The van der Waals surface area contributed by atoms with E-state index in [-0.39, 0.29) is 18.0 Å². The Bertz CT molecular complexity index is 469. The molecule has 0 aliphatic rings. The molecule has 1 rings (SSSR count). The molecule has 1 aromatic rings. The van der Waals surface area contributed by atoms with Gasteiger partial charge in [0.1, 0.15) is 0 Å². The molecule has 1 amide bonds. The first kappa shape index (κ1) is 17.0. The summed E-state index contributed by atoms with van der Waals surface area (Å²) in [5.74, 6) is -0.318. The van der Waals surface area contributed by atoms with Crippen LogP contribution >= 0.6 is 15.9 Å². The van der Waals surface area contributed by atoms with Gasteiger partial charge in [0.15, 0.2) is 0 Å². The summed E-state index contributed by atoms with van der Waals surface area (Å²) in [6.07, 6.45) is 0. The van der Waals surface area contributed by atoms with Crippen molar-refractivity contribution in [2.24, 2.45) is 5.73 Å². The fraction of sp³-hybridized carbons (Fsp3) is 0.533. The van der Waals surface area contributed by atoms with Gasteiger partial charge < -0.3 is 16.0 Å². The molecule has 0 bridgehead atoms. The SMILES string of the molecule is CCN(CC(N)=O)c1cc(Br)ccc1CNC(C)(C)C. The van der Waals surface area contributed by atoms with Gasteiger partial charge in [0.25, 0.3) is 0 Å². The van der Waals surface area contributed by atoms with Crippen LogP contribution in [0.25, 0.3) is 0 Å². The Kier molecular flexibility index (Phi) is 6.02. The number of rotatable bonds is 6. The number of benzene rings is 1. The summed E-state index contributed by atoms with van der Waals surface area (Å²) in [6.45, 7) is 10.1. The zero-order valence-electron chi connectivity index (χ0n) is 12.7. The van der Waals surface area contributed by atoms with Crippen LogP contribution in [-0.2, 0) is 11.3 Å². The molecule has 0 aliphatic heterocycles. The van der Waals surface area contributed by atoms with E-state index in [1.54, 1.807) is 0 Å². The first-order valence-electron chi connectivity index (χ1n) is 6.79. The standard InChI is InChI=1S/C15H24BrN3O/c1-5-19(10-14(17)20)13-8-12(16)7-6-11(13)9-18-15(2,3)4/h6-8,18H,5,9-10H2,1-4H3,(H2,17,20). The first-order valence-corrected chi connectivity index (χ1v) is 7.59. The quantitative estimate of drug-likeness (QED) is 0.836. The minimum Gasteiger partial charge on any atom is -0.368 e. The molecule has 0 radical (unpaired) electrons. The molecule has 0 saturated heterocycles. The molecule has 0 fully saturated rings. The van der Waals surface area contributed by atoms with Crippen molar-refractivity contribution in [1.82, 2.24) is 5.32 Å². The number of carbonyl (C=O) groups excluding carboxylic acids is 1.